The second kappa shape index (κ2) is 9.75. The van der Waals surface area contributed by atoms with E-state index in [0.29, 0.717) is 11.9 Å². The number of likely N-dealkylation sites (tertiary alicyclic amines) is 1. The van der Waals surface area contributed by atoms with Gasteiger partial charge in [0.1, 0.15) is 0 Å². The van der Waals surface area contributed by atoms with Gasteiger partial charge in [0, 0.05) is 26.7 Å². The van der Waals surface area contributed by atoms with Crippen molar-refractivity contribution in [1.29, 1.82) is 5.41 Å². The van der Waals surface area contributed by atoms with E-state index in [0.717, 1.165) is 43.4 Å². The molecule has 6 heteroatoms. The maximum Gasteiger partial charge on any atom is 0.221 e. The Morgan fingerprint density at radius 2 is 1.87 bits per heavy atom. The number of nitrogens with two attached hydrogens (primary N) is 1. The Morgan fingerprint density at radius 1 is 1.22 bits per heavy atom. The van der Waals surface area contributed by atoms with Gasteiger partial charge in [-0.15, -0.1) is 0 Å². The summed E-state index contributed by atoms with van der Waals surface area (Å²) in [4.78, 5) is 8.23. The van der Waals surface area contributed by atoms with Crippen LogP contribution in [0.15, 0.2) is 4.99 Å². The summed E-state index contributed by atoms with van der Waals surface area (Å²) in [5.74, 6) is 0.772. The highest BCUT2D eigenvalue weighted by Crippen LogP contribution is 2.09. The average Bonchev–Trinajstić information content (AvgIpc) is 3.06. The molecule has 0 aromatic carbocycles. The fourth-order valence-electron chi connectivity index (χ4n) is 3.12. The van der Waals surface area contributed by atoms with E-state index < -0.39 is 0 Å². The minimum atomic E-state index is 0.310. The summed E-state index contributed by atoms with van der Waals surface area (Å²) in [6, 6.07) is 0. The van der Waals surface area contributed by atoms with Gasteiger partial charge < -0.3 is 20.0 Å². The van der Waals surface area contributed by atoms with Gasteiger partial charge >= 0.3 is 0 Å². The third kappa shape index (κ3) is 6.77. The van der Waals surface area contributed by atoms with Crippen LogP contribution in [0.5, 0.6) is 0 Å². The van der Waals surface area contributed by atoms with Crippen LogP contribution in [0.2, 0.25) is 0 Å². The van der Waals surface area contributed by atoms with Crippen LogP contribution in [0.4, 0.5) is 0 Å². The Kier molecular flexibility index (Phi) is 8.37. The molecule has 0 saturated carbocycles. The predicted octanol–water partition coefficient (Wildman–Crippen LogP) is 1.92. The fraction of sp³-hybridized carbons (Fsp3) is 0.882. The highest BCUT2D eigenvalue weighted by molar-refractivity contribution is 5.92. The molecule has 0 bridgehead atoms. The minimum absolute atomic E-state index is 0.310. The first-order chi connectivity index (χ1) is 10.9. The van der Waals surface area contributed by atoms with Crippen LogP contribution in [0, 0.1) is 5.41 Å². The first-order valence-corrected chi connectivity index (χ1v) is 9.14. The SMILES string of the molecule is CCC[N+](C)(CC)CCCCN(C)C(N)=NC(=N)N1CCCC1. The first-order valence-electron chi connectivity index (χ1n) is 9.14. The highest BCUT2D eigenvalue weighted by atomic mass is 15.3. The van der Waals surface area contributed by atoms with Crippen LogP contribution in [0.3, 0.4) is 0 Å². The molecule has 1 fully saturated rings. The number of guanidine groups is 2. The van der Waals surface area contributed by atoms with Crippen molar-refractivity contribution in [2.75, 3.05) is 53.4 Å². The molecular weight excluding hydrogens is 288 g/mol. The Balaban J connectivity index is 2.32. The number of unbranched alkanes of at least 4 members (excludes halogenated alkanes) is 1. The van der Waals surface area contributed by atoms with Crippen LogP contribution in [-0.2, 0) is 0 Å². The van der Waals surface area contributed by atoms with E-state index in [9.17, 15) is 0 Å². The molecule has 1 rings (SSSR count). The van der Waals surface area contributed by atoms with Crippen LogP contribution in [0.1, 0.15) is 46.0 Å². The Morgan fingerprint density at radius 3 is 2.43 bits per heavy atom. The molecule has 0 aromatic rings. The lowest BCUT2D eigenvalue weighted by atomic mass is 10.2. The van der Waals surface area contributed by atoms with Crippen LogP contribution in [0.25, 0.3) is 0 Å². The van der Waals surface area contributed by atoms with Crippen LogP contribution < -0.4 is 5.73 Å². The summed E-state index contributed by atoms with van der Waals surface area (Å²) in [6.07, 6.45) is 5.86. The molecule has 0 spiro atoms. The number of nitrogens with one attached hydrogen (secondary N) is 1. The zero-order chi connectivity index (χ0) is 17.3. The molecule has 1 aliphatic heterocycles. The summed E-state index contributed by atoms with van der Waals surface area (Å²) in [5, 5.41) is 8.01. The molecule has 134 valence electrons. The first kappa shape index (κ1) is 19.7. The van der Waals surface area contributed by atoms with Crippen molar-refractivity contribution in [3.05, 3.63) is 0 Å². The molecule has 0 aromatic heterocycles. The molecule has 0 radical (unpaired) electrons. The minimum Gasteiger partial charge on any atom is -0.369 e. The number of nitrogens with zero attached hydrogens (tertiary/aromatic N) is 4. The van der Waals surface area contributed by atoms with Crippen LogP contribution in [-0.4, -0.2) is 79.6 Å². The van der Waals surface area contributed by atoms with E-state index in [1.54, 1.807) is 0 Å². The number of quaternary nitrogens is 1. The van der Waals surface area contributed by atoms with Gasteiger partial charge in [0.15, 0.2) is 5.96 Å². The van der Waals surface area contributed by atoms with Crippen molar-refractivity contribution >= 4 is 11.9 Å². The lowest BCUT2D eigenvalue weighted by Gasteiger charge is -2.33. The number of hydrogen-bond donors (Lipinski definition) is 2. The van der Waals surface area contributed by atoms with E-state index in [2.05, 4.69) is 25.9 Å². The molecule has 6 nitrogen and oxygen atoms in total. The van der Waals surface area contributed by atoms with E-state index in [4.69, 9.17) is 11.1 Å². The molecule has 1 atom stereocenters. The monoisotopic (exact) mass is 325 g/mol. The van der Waals surface area contributed by atoms with Crippen molar-refractivity contribution in [1.82, 2.24) is 9.80 Å². The fourth-order valence-corrected chi connectivity index (χ4v) is 3.12. The maximum atomic E-state index is 8.01. The summed E-state index contributed by atoms with van der Waals surface area (Å²) in [7, 11) is 4.32. The lowest BCUT2D eigenvalue weighted by molar-refractivity contribution is -0.908. The predicted molar refractivity (Wildman–Crippen MR) is 98.8 cm³/mol. The number of hydrogen-bond acceptors (Lipinski definition) is 1. The van der Waals surface area contributed by atoms with Crippen molar-refractivity contribution < 1.29 is 4.48 Å². The smallest absolute Gasteiger partial charge is 0.221 e. The second-order valence-corrected chi connectivity index (χ2v) is 7.00. The molecule has 3 N–H and O–H groups in total. The summed E-state index contributed by atoms with van der Waals surface area (Å²) < 4.78 is 1.16. The van der Waals surface area contributed by atoms with Gasteiger partial charge in [-0.05, 0) is 39.0 Å². The molecule has 23 heavy (non-hydrogen) atoms. The third-order valence-electron chi connectivity index (χ3n) is 4.99. The maximum absolute atomic E-state index is 8.01. The normalized spacial score (nSPS) is 18.1. The Labute approximate surface area is 142 Å². The molecule has 0 aliphatic carbocycles. The van der Waals surface area contributed by atoms with E-state index in [1.807, 2.05) is 16.8 Å². The van der Waals surface area contributed by atoms with Crippen molar-refractivity contribution in [3.8, 4) is 0 Å². The second-order valence-electron chi connectivity index (χ2n) is 7.00. The third-order valence-corrected chi connectivity index (χ3v) is 4.99. The zero-order valence-corrected chi connectivity index (χ0v) is 15.6. The van der Waals surface area contributed by atoms with Crippen LogP contribution >= 0.6 is 0 Å². The summed E-state index contributed by atoms with van der Waals surface area (Å²) >= 11 is 0. The van der Waals surface area contributed by atoms with Gasteiger partial charge in [-0.3, -0.25) is 5.41 Å². The van der Waals surface area contributed by atoms with Gasteiger partial charge in [-0.1, -0.05) is 6.92 Å². The number of aliphatic imine (C=N–C) groups is 1. The topological polar surface area (TPSA) is 68.7 Å². The standard InChI is InChI=1S/C17H37N6/c1-5-14-23(4,6-2)15-10-9-11-21(3)16(18)20-17(19)22-12-7-8-13-22/h5-15H2,1-4H3,(H3,18,19,20)/q+1. The zero-order valence-electron chi connectivity index (χ0n) is 15.6. The van der Waals surface area contributed by atoms with Gasteiger partial charge in [0.05, 0.1) is 26.7 Å². The number of rotatable bonds is 8. The van der Waals surface area contributed by atoms with Gasteiger partial charge in [-0.25, -0.2) is 0 Å². The van der Waals surface area contributed by atoms with Crippen molar-refractivity contribution in [2.45, 2.75) is 46.0 Å². The van der Waals surface area contributed by atoms with Gasteiger partial charge in [0.2, 0.25) is 5.96 Å². The van der Waals surface area contributed by atoms with Gasteiger partial charge in [0.25, 0.3) is 0 Å². The van der Waals surface area contributed by atoms with Crippen molar-refractivity contribution in [2.24, 2.45) is 10.7 Å². The average molecular weight is 326 g/mol. The quantitative estimate of drug-likeness (QED) is 0.310. The van der Waals surface area contributed by atoms with E-state index in [1.165, 1.54) is 32.5 Å². The van der Waals surface area contributed by atoms with Gasteiger partial charge in [-0.2, -0.15) is 4.99 Å². The highest BCUT2D eigenvalue weighted by Gasteiger charge is 2.18. The molecule has 1 saturated heterocycles. The largest absolute Gasteiger partial charge is 0.369 e. The summed E-state index contributed by atoms with van der Waals surface area (Å²) in [6.45, 7) is 11.0. The molecule has 1 unspecified atom stereocenters. The molecule has 1 heterocycles. The van der Waals surface area contributed by atoms with E-state index >= 15 is 0 Å². The molecule has 1 aliphatic rings. The lowest BCUT2D eigenvalue weighted by Crippen LogP contribution is -2.45. The summed E-state index contributed by atoms with van der Waals surface area (Å²) in [5.41, 5.74) is 6.03. The Bertz CT molecular complexity index is 389. The van der Waals surface area contributed by atoms with E-state index in [-0.39, 0.29) is 0 Å². The Hall–Kier alpha value is -1.30. The molecular formula is C17H37N6+. The van der Waals surface area contributed by atoms with Crippen molar-refractivity contribution in [3.63, 3.8) is 0 Å². The molecule has 0 amide bonds.